The van der Waals surface area contributed by atoms with Gasteiger partial charge in [-0.2, -0.15) is 9.61 Å². The largest absolute Gasteiger partial charge is 0.254 e. The van der Waals surface area contributed by atoms with Crippen molar-refractivity contribution in [2.75, 3.05) is 0 Å². The van der Waals surface area contributed by atoms with Crippen LogP contribution in [0.4, 0.5) is 0 Å². The molecule has 3 aromatic rings. The smallest absolute Gasteiger partial charge is 0.234 e. The molecule has 3 heterocycles. The summed E-state index contributed by atoms with van der Waals surface area (Å²) in [5.74, 6) is 2.36. The van der Waals surface area contributed by atoms with Gasteiger partial charge < -0.3 is 0 Å². The van der Waals surface area contributed by atoms with E-state index in [9.17, 15) is 0 Å². The lowest BCUT2D eigenvalue weighted by atomic mass is 10.0. The molecule has 0 aliphatic carbocycles. The molecule has 1 aliphatic heterocycles. The number of fused-ring (bicyclic) bond motifs is 1. The molecule has 2 atom stereocenters. The van der Waals surface area contributed by atoms with Crippen LogP contribution in [-0.4, -0.2) is 25.9 Å². The van der Waals surface area contributed by atoms with Gasteiger partial charge in [0.25, 0.3) is 0 Å². The van der Waals surface area contributed by atoms with Gasteiger partial charge in [-0.3, -0.25) is 5.43 Å². The number of nitrogens with one attached hydrogen (secondary N) is 2. The standard InChI is InChI=1S/C17H22N6S2/c1-11(2)8-12-9-14(19-18-12)16-22-23-15(20-21-17(23)25-16)10-24-13-6-4-3-5-7-13/h3-7,11-12,14,18-19H,8-10H2,1-2H3. The van der Waals surface area contributed by atoms with E-state index in [1.54, 1.807) is 23.1 Å². The summed E-state index contributed by atoms with van der Waals surface area (Å²) in [6.07, 6.45) is 2.24. The number of thioether (sulfide) groups is 1. The molecule has 2 aromatic heterocycles. The van der Waals surface area contributed by atoms with Crippen molar-refractivity contribution in [3.63, 3.8) is 0 Å². The minimum Gasteiger partial charge on any atom is -0.254 e. The number of nitrogens with zero attached hydrogens (tertiary/aromatic N) is 4. The van der Waals surface area contributed by atoms with Crippen molar-refractivity contribution in [1.29, 1.82) is 0 Å². The Morgan fingerprint density at radius 3 is 2.88 bits per heavy atom. The lowest BCUT2D eigenvalue weighted by Crippen LogP contribution is -2.31. The number of benzene rings is 1. The van der Waals surface area contributed by atoms with E-state index in [0.29, 0.717) is 12.0 Å². The zero-order valence-corrected chi connectivity index (χ0v) is 16.0. The lowest BCUT2D eigenvalue weighted by molar-refractivity contribution is 0.446. The van der Waals surface area contributed by atoms with Crippen LogP contribution in [0.15, 0.2) is 35.2 Å². The van der Waals surface area contributed by atoms with E-state index in [0.717, 1.165) is 28.0 Å². The van der Waals surface area contributed by atoms with Gasteiger partial charge in [-0.15, -0.1) is 22.0 Å². The van der Waals surface area contributed by atoms with Gasteiger partial charge in [0, 0.05) is 10.9 Å². The summed E-state index contributed by atoms with van der Waals surface area (Å²) in [5, 5.41) is 14.4. The Labute approximate surface area is 155 Å². The third kappa shape index (κ3) is 3.87. The second-order valence-electron chi connectivity index (χ2n) is 6.76. The minimum absolute atomic E-state index is 0.255. The van der Waals surface area contributed by atoms with Crippen LogP contribution < -0.4 is 10.9 Å². The maximum absolute atomic E-state index is 4.77. The van der Waals surface area contributed by atoms with E-state index >= 15 is 0 Å². The third-order valence-corrected chi connectivity index (χ3v) is 6.24. The van der Waals surface area contributed by atoms with Crippen molar-refractivity contribution < 1.29 is 0 Å². The van der Waals surface area contributed by atoms with E-state index in [-0.39, 0.29) is 6.04 Å². The summed E-state index contributed by atoms with van der Waals surface area (Å²) in [4.78, 5) is 2.10. The van der Waals surface area contributed by atoms with Crippen LogP contribution in [0.5, 0.6) is 0 Å². The van der Waals surface area contributed by atoms with Crippen molar-refractivity contribution in [3.8, 4) is 0 Å². The molecule has 2 N–H and O–H groups in total. The molecule has 0 bridgehead atoms. The SMILES string of the molecule is CC(C)CC1CC(c2nn3c(CSc4ccccc4)nnc3s2)NN1. The highest BCUT2D eigenvalue weighted by Gasteiger charge is 2.28. The molecule has 2 unspecified atom stereocenters. The van der Waals surface area contributed by atoms with Gasteiger partial charge in [0.2, 0.25) is 4.96 Å². The van der Waals surface area contributed by atoms with Crippen molar-refractivity contribution >= 4 is 28.1 Å². The third-order valence-electron chi connectivity index (χ3n) is 4.22. The van der Waals surface area contributed by atoms with Gasteiger partial charge in [0.1, 0.15) is 5.01 Å². The highest BCUT2D eigenvalue weighted by Crippen LogP contribution is 2.29. The Bertz CT molecular complexity index is 828. The first-order valence-corrected chi connectivity index (χ1v) is 10.4. The zero-order chi connectivity index (χ0) is 17.2. The van der Waals surface area contributed by atoms with E-state index in [2.05, 4.69) is 59.2 Å². The molecule has 0 amide bonds. The molecule has 25 heavy (non-hydrogen) atoms. The van der Waals surface area contributed by atoms with Crippen LogP contribution in [0.1, 0.15) is 43.6 Å². The second-order valence-corrected chi connectivity index (χ2v) is 8.79. The Morgan fingerprint density at radius 2 is 2.08 bits per heavy atom. The van der Waals surface area contributed by atoms with Gasteiger partial charge in [0.15, 0.2) is 5.82 Å². The molecule has 0 radical (unpaired) electrons. The van der Waals surface area contributed by atoms with Crippen LogP contribution in [-0.2, 0) is 5.75 Å². The maximum Gasteiger partial charge on any atom is 0.234 e. The quantitative estimate of drug-likeness (QED) is 0.645. The van der Waals surface area contributed by atoms with E-state index in [1.165, 1.54) is 11.3 Å². The molecular formula is C17H22N6S2. The predicted octanol–water partition coefficient (Wildman–Crippen LogP) is 3.43. The molecule has 6 nitrogen and oxygen atoms in total. The highest BCUT2D eigenvalue weighted by molar-refractivity contribution is 7.98. The summed E-state index contributed by atoms with van der Waals surface area (Å²) >= 11 is 3.38. The first-order chi connectivity index (χ1) is 12.2. The highest BCUT2D eigenvalue weighted by atomic mass is 32.2. The molecule has 1 saturated heterocycles. The normalized spacial score (nSPS) is 20.8. The number of hydrogen-bond acceptors (Lipinski definition) is 7. The average Bonchev–Trinajstić information content (AvgIpc) is 3.29. The van der Waals surface area contributed by atoms with Crippen molar-refractivity contribution in [3.05, 3.63) is 41.2 Å². The summed E-state index contributed by atoms with van der Waals surface area (Å²) in [7, 11) is 0. The minimum atomic E-state index is 0.255. The molecule has 1 aliphatic rings. The van der Waals surface area contributed by atoms with E-state index < -0.39 is 0 Å². The number of aromatic nitrogens is 4. The summed E-state index contributed by atoms with van der Waals surface area (Å²) in [6.45, 7) is 4.52. The predicted molar refractivity (Wildman–Crippen MR) is 102 cm³/mol. The molecule has 4 rings (SSSR count). The van der Waals surface area contributed by atoms with Crippen LogP contribution in [0.3, 0.4) is 0 Å². The Balaban J connectivity index is 1.45. The van der Waals surface area contributed by atoms with Gasteiger partial charge >= 0.3 is 0 Å². The summed E-state index contributed by atoms with van der Waals surface area (Å²) in [5.41, 5.74) is 6.79. The van der Waals surface area contributed by atoms with Crippen molar-refractivity contribution in [1.82, 2.24) is 30.7 Å². The maximum atomic E-state index is 4.77. The number of hydrazine groups is 1. The molecular weight excluding hydrogens is 352 g/mol. The molecule has 8 heteroatoms. The number of hydrogen-bond donors (Lipinski definition) is 2. The zero-order valence-electron chi connectivity index (χ0n) is 14.3. The van der Waals surface area contributed by atoms with Gasteiger partial charge in [0.05, 0.1) is 11.8 Å². The fourth-order valence-electron chi connectivity index (χ4n) is 3.08. The Hall–Kier alpha value is -1.48. The monoisotopic (exact) mass is 374 g/mol. The molecule has 132 valence electrons. The summed E-state index contributed by atoms with van der Waals surface area (Å²) in [6, 6.07) is 11.1. The van der Waals surface area contributed by atoms with E-state index in [4.69, 9.17) is 5.10 Å². The molecule has 1 aromatic carbocycles. The molecule has 0 spiro atoms. The van der Waals surface area contributed by atoms with E-state index in [1.807, 2.05) is 10.6 Å². The number of rotatable bonds is 6. The Morgan fingerprint density at radius 1 is 1.24 bits per heavy atom. The van der Waals surface area contributed by atoms with Gasteiger partial charge in [-0.1, -0.05) is 43.4 Å². The lowest BCUT2D eigenvalue weighted by Gasteiger charge is -2.10. The molecule has 1 fully saturated rings. The van der Waals surface area contributed by atoms with Crippen LogP contribution in [0, 0.1) is 5.92 Å². The van der Waals surface area contributed by atoms with Crippen LogP contribution in [0.2, 0.25) is 0 Å². The first kappa shape index (κ1) is 17.0. The van der Waals surface area contributed by atoms with Gasteiger partial charge in [-0.25, -0.2) is 5.43 Å². The molecule has 0 saturated carbocycles. The first-order valence-electron chi connectivity index (χ1n) is 8.59. The van der Waals surface area contributed by atoms with Crippen molar-refractivity contribution in [2.45, 2.75) is 49.4 Å². The van der Waals surface area contributed by atoms with Crippen LogP contribution >= 0.6 is 23.1 Å². The average molecular weight is 375 g/mol. The topological polar surface area (TPSA) is 67.1 Å². The van der Waals surface area contributed by atoms with Gasteiger partial charge in [-0.05, 0) is 30.9 Å². The fourth-order valence-corrected chi connectivity index (χ4v) is 4.82. The summed E-state index contributed by atoms with van der Waals surface area (Å²) < 4.78 is 1.90. The fraction of sp³-hybridized carbons (Fsp3) is 0.471. The Kier molecular flexibility index (Phi) is 5.03. The van der Waals surface area contributed by atoms with Crippen LogP contribution in [0.25, 0.3) is 4.96 Å². The van der Waals surface area contributed by atoms with Crippen molar-refractivity contribution in [2.24, 2.45) is 5.92 Å². The second kappa shape index (κ2) is 7.41.